The number of nitrogens with one attached hydrogen (secondary N) is 1. The molecule has 96 valence electrons. The Hall–Kier alpha value is -1.10. The van der Waals surface area contributed by atoms with Crippen molar-refractivity contribution in [2.75, 3.05) is 5.73 Å². The number of thiazole rings is 1. The van der Waals surface area contributed by atoms with Gasteiger partial charge in [-0.25, -0.2) is 4.98 Å². The van der Waals surface area contributed by atoms with Crippen molar-refractivity contribution in [1.29, 1.82) is 0 Å². The maximum Gasteiger partial charge on any atom is 0.226 e. The third-order valence-corrected chi connectivity index (χ3v) is 3.22. The Morgan fingerprint density at radius 2 is 2.18 bits per heavy atom. The lowest BCUT2D eigenvalue weighted by Gasteiger charge is -2.14. The smallest absolute Gasteiger partial charge is 0.226 e. The summed E-state index contributed by atoms with van der Waals surface area (Å²) in [5.74, 6) is 0.694. The van der Waals surface area contributed by atoms with Gasteiger partial charge in [0.25, 0.3) is 0 Å². The summed E-state index contributed by atoms with van der Waals surface area (Å²) in [6.07, 6.45) is 2.47. The molecule has 0 spiro atoms. The average Bonchev–Trinajstić information content (AvgIpc) is 2.60. The number of nitrogens with two attached hydrogens (primary N) is 1. The molecule has 0 aliphatic carbocycles. The van der Waals surface area contributed by atoms with Crippen LogP contribution in [0.5, 0.6) is 0 Å². The van der Waals surface area contributed by atoms with Gasteiger partial charge in [-0.1, -0.05) is 13.8 Å². The molecule has 1 unspecified atom stereocenters. The predicted octanol–water partition coefficient (Wildman–Crippen LogP) is 2.21. The van der Waals surface area contributed by atoms with Crippen molar-refractivity contribution in [3.05, 3.63) is 11.1 Å². The van der Waals surface area contributed by atoms with E-state index in [1.807, 2.05) is 12.3 Å². The van der Waals surface area contributed by atoms with Gasteiger partial charge in [-0.3, -0.25) is 4.79 Å². The van der Waals surface area contributed by atoms with Gasteiger partial charge in [0.05, 0.1) is 12.1 Å². The molecule has 1 atom stereocenters. The van der Waals surface area contributed by atoms with Crippen molar-refractivity contribution in [1.82, 2.24) is 10.3 Å². The number of nitrogens with zero attached hydrogens (tertiary/aromatic N) is 1. The van der Waals surface area contributed by atoms with Crippen LogP contribution in [0, 0.1) is 5.92 Å². The number of nitrogen functional groups attached to an aromatic ring is 1. The van der Waals surface area contributed by atoms with E-state index in [1.165, 1.54) is 11.3 Å². The second kappa shape index (κ2) is 6.59. The molecular formula is C12H21N3OS. The number of hydrogen-bond acceptors (Lipinski definition) is 4. The van der Waals surface area contributed by atoms with E-state index < -0.39 is 0 Å². The molecule has 0 aromatic carbocycles. The van der Waals surface area contributed by atoms with E-state index in [1.54, 1.807) is 0 Å². The molecule has 1 amide bonds. The molecule has 5 heteroatoms. The first-order valence-electron chi connectivity index (χ1n) is 5.96. The predicted molar refractivity (Wildman–Crippen MR) is 71.9 cm³/mol. The van der Waals surface area contributed by atoms with Crippen LogP contribution in [0.2, 0.25) is 0 Å². The van der Waals surface area contributed by atoms with Crippen molar-refractivity contribution in [3.63, 3.8) is 0 Å². The van der Waals surface area contributed by atoms with Crippen LogP contribution in [-0.2, 0) is 11.2 Å². The van der Waals surface area contributed by atoms with Gasteiger partial charge in [0.2, 0.25) is 5.91 Å². The van der Waals surface area contributed by atoms with Gasteiger partial charge in [-0.15, -0.1) is 11.3 Å². The van der Waals surface area contributed by atoms with Gasteiger partial charge in [-0.2, -0.15) is 0 Å². The van der Waals surface area contributed by atoms with E-state index in [2.05, 4.69) is 24.1 Å². The number of carbonyl (C=O) groups excluding carboxylic acids is 1. The Morgan fingerprint density at radius 1 is 1.47 bits per heavy atom. The molecule has 0 saturated carbocycles. The first-order chi connectivity index (χ1) is 7.97. The molecule has 1 heterocycles. The maximum absolute atomic E-state index is 11.7. The Balaban J connectivity index is 2.29. The summed E-state index contributed by atoms with van der Waals surface area (Å²) in [4.78, 5) is 15.8. The van der Waals surface area contributed by atoms with E-state index in [9.17, 15) is 4.79 Å². The molecule has 3 N–H and O–H groups in total. The van der Waals surface area contributed by atoms with Crippen LogP contribution in [0.3, 0.4) is 0 Å². The van der Waals surface area contributed by atoms with Gasteiger partial charge in [0, 0.05) is 11.4 Å². The summed E-state index contributed by atoms with van der Waals surface area (Å²) < 4.78 is 0. The number of carbonyl (C=O) groups is 1. The summed E-state index contributed by atoms with van der Waals surface area (Å²) in [5.41, 5.74) is 6.26. The fourth-order valence-electron chi connectivity index (χ4n) is 1.55. The molecule has 17 heavy (non-hydrogen) atoms. The fourth-order valence-corrected chi connectivity index (χ4v) is 2.11. The highest BCUT2D eigenvalue weighted by molar-refractivity contribution is 7.13. The second-order valence-corrected chi connectivity index (χ2v) is 5.68. The van der Waals surface area contributed by atoms with Crippen molar-refractivity contribution in [2.45, 2.75) is 46.1 Å². The van der Waals surface area contributed by atoms with Crippen molar-refractivity contribution in [3.8, 4) is 0 Å². The highest BCUT2D eigenvalue weighted by Gasteiger charge is 2.10. The van der Waals surface area contributed by atoms with Gasteiger partial charge in [-0.05, 0) is 25.7 Å². The normalized spacial score (nSPS) is 12.7. The van der Waals surface area contributed by atoms with Crippen LogP contribution in [0.15, 0.2) is 5.38 Å². The van der Waals surface area contributed by atoms with Crippen LogP contribution < -0.4 is 11.1 Å². The van der Waals surface area contributed by atoms with E-state index in [0.29, 0.717) is 17.5 Å². The van der Waals surface area contributed by atoms with E-state index >= 15 is 0 Å². The van der Waals surface area contributed by atoms with E-state index in [0.717, 1.165) is 18.5 Å². The quantitative estimate of drug-likeness (QED) is 0.819. The Bertz CT molecular complexity index is 362. The molecular weight excluding hydrogens is 234 g/mol. The van der Waals surface area contributed by atoms with Crippen molar-refractivity contribution >= 4 is 22.4 Å². The topological polar surface area (TPSA) is 68.0 Å². The SMILES string of the molecule is CC(C)CCC(C)NC(=O)Cc1csc(N)n1. The largest absolute Gasteiger partial charge is 0.375 e. The first-order valence-corrected chi connectivity index (χ1v) is 6.84. The molecule has 0 aliphatic heterocycles. The second-order valence-electron chi connectivity index (χ2n) is 4.79. The molecule has 1 aromatic rings. The van der Waals surface area contributed by atoms with Crippen LogP contribution >= 0.6 is 11.3 Å². The van der Waals surface area contributed by atoms with E-state index in [-0.39, 0.29) is 11.9 Å². The molecule has 1 aromatic heterocycles. The lowest BCUT2D eigenvalue weighted by molar-refractivity contribution is -0.121. The van der Waals surface area contributed by atoms with E-state index in [4.69, 9.17) is 5.73 Å². The summed E-state index contributed by atoms with van der Waals surface area (Å²) in [5, 5.41) is 5.32. The molecule has 0 radical (unpaired) electrons. The van der Waals surface area contributed by atoms with Gasteiger partial charge >= 0.3 is 0 Å². The van der Waals surface area contributed by atoms with Gasteiger partial charge in [0.1, 0.15) is 0 Å². The van der Waals surface area contributed by atoms with Crippen molar-refractivity contribution < 1.29 is 4.79 Å². The highest BCUT2D eigenvalue weighted by atomic mass is 32.1. The summed E-state index contributed by atoms with van der Waals surface area (Å²) in [7, 11) is 0. The zero-order chi connectivity index (χ0) is 12.8. The maximum atomic E-state index is 11.7. The molecule has 0 saturated heterocycles. The fraction of sp³-hybridized carbons (Fsp3) is 0.667. The van der Waals surface area contributed by atoms with Gasteiger partial charge in [0.15, 0.2) is 5.13 Å². The number of amides is 1. The van der Waals surface area contributed by atoms with Crippen LogP contribution in [0.4, 0.5) is 5.13 Å². The number of rotatable bonds is 6. The Kier molecular flexibility index (Phi) is 5.41. The molecule has 0 fully saturated rings. The van der Waals surface area contributed by atoms with Gasteiger partial charge < -0.3 is 11.1 Å². The number of hydrogen-bond donors (Lipinski definition) is 2. The molecule has 0 aliphatic rings. The third kappa shape index (κ3) is 5.68. The number of anilines is 1. The summed E-state index contributed by atoms with van der Waals surface area (Å²) >= 11 is 1.37. The van der Waals surface area contributed by atoms with Crippen LogP contribution in [0.1, 0.15) is 39.3 Å². The minimum absolute atomic E-state index is 0.0200. The number of aromatic nitrogens is 1. The van der Waals surface area contributed by atoms with Crippen molar-refractivity contribution in [2.24, 2.45) is 5.92 Å². The minimum Gasteiger partial charge on any atom is -0.375 e. The summed E-state index contributed by atoms with van der Waals surface area (Å²) in [6.45, 7) is 6.41. The van der Waals surface area contributed by atoms with Crippen LogP contribution in [0.25, 0.3) is 0 Å². The Morgan fingerprint density at radius 3 is 2.71 bits per heavy atom. The molecule has 1 rings (SSSR count). The first kappa shape index (κ1) is 14.0. The zero-order valence-electron chi connectivity index (χ0n) is 10.7. The minimum atomic E-state index is 0.0200. The van der Waals surface area contributed by atoms with Crippen LogP contribution in [-0.4, -0.2) is 16.9 Å². The molecule has 4 nitrogen and oxygen atoms in total. The third-order valence-electron chi connectivity index (χ3n) is 2.50. The Labute approximate surface area is 107 Å². The lowest BCUT2D eigenvalue weighted by Crippen LogP contribution is -2.33. The highest BCUT2D eigenvalue weighted by Crippen LogP contribution is 2.11. The average molecular weight is 255 g/mol. The lowest BCUT2D eigenvalue weighted by atomic mass is 10.0. The summed E-state index contributed by atoms with van der Waals surface area (Å²) in [6, 6.07) is 0.223. The zero-order valence-corrected chi connectivity index (χ0v) is 11.5. The standard InChI is InChI=1S/C12H21N3OS/c1-8(2)4-5-9(3)14-11(16)6-10-7-17-12(13)15-10/h7-9H,4-6H2,1-3H3,(H2,13,15)(H,14,16). The molecule has 0 bridgehead atoms. The monoisotopic (exact) mass is 255 g/mol.